The third-order valence-corrected chi connectivity index (χ3v) is 2.45. The molecule has 0 bridgehead atoms. The number of aliphatic hydroxyl groups is 1. The minimum absolute atomic E-state index is 0.355. The minimum atomic E-state index is 0.355. The van der Waals surface area contributed by atoms with Crippen LogP contribution in [0.5, 0.6) is 0 Å². The Morgan fingerprint density at radius 2 is 1.47 bits per heavy atom. The molecule has 1 heteroatoms. The summed E-state index contributed by atoms with van der Waals surface area (Å²) in [7, 11) is 0. The van der Waals surface area contributed by atoms with Gasteiger partial charge in [-0.25, -0.2) is 0 Å². The van der Waals surface area contributed by atoms with Gasteiger partial charge in [0.15, 0.2) is 0 Å². The second-order valence-corrected chi connectivity index (χ2v) is 3.91. The fraction of sp³-hybridized carbons (Fsp3) is 0.714. The van der Waals surface area contributed by atoms with Gasteiger partial charge in [-0.1, -0.05) is 50.0 Å². The molecular weight excluding hydrogens is 184 g/mol. The molecule has 0 aromatic rings. The topological polar surface area (TPSA) is 20.2 Å². The van der Waals surface area contributed by atoms with E-state index in [9.17, 15) is 0 Å². The Bertz CT molecular complexity index is 159. The predicted molar refractivity (Wildman–Crippen MR) is 68.0 cm³/mol. The summed E-state index contributed by atoms with van der Waals surface area (Å²) in [6.07, 6.45) is 18.5. The zero-order chi connectivity index (χ0) is 11.2. The molecule has 0 radical (unpaired) electrons. The number of rotatable bonds is 10. The highest BCUT2D eigenvalue weighted by Gasteiger charge is 1.89. The van der Waals surface area contributed by atoms with Crippen LogP contribution in [0.2, 0.25) is 0 Å². The SMILES string of the molecule is C/C=C\C/C=C/CCCCCCCCO. The first-order valence-corrected chi connectivity index (χ1v) is 6.28. The third kappa shape index (κ3) is 13.4. The smallest absolute Gasteiger partial charge is 0.0431 e. The van der Waals surface area contributed by atoms with Crippen molar-refractivity contribution < 1.29 is 5.11 Å². The van der Waals surface area contributed by atoms with Crippen molar-refractivity contribution >= 4 is 0 Å². The lowest BCUT2D eigenvalue weighted by Gasteiger charge is -1.98. The molecule has 0 saturated carbocycles. The van der Waals surface area contributed by atoms with Crippen LogP contribution < -0.4 is 0 Å². The van der Waals surface area contributed by atoms with E-state index in [4.69, 9.17) is 5.11 Å². The normalized spacial score (nSPS) is 11.9. The van der Waals surface area contributed by atoms with Gasteiger partial charge in [0, 0.05) is 6.61 Å². The summed E-state index contributed by atoms with van der Waals surface area (Å²) < 4.78 is 0. The molecule has 0 rings (SSSR count). The van der Waals surface area contributed by atoms with E-state index in [2.05, 4.69) is 31.2 Å². The first-order valence-electron chi connectivity index (χ1n) is 6.28. The summed E-state index contributed by atoms with van der Waals surface area (Å²) in [6, 6.07) is 0. The van der Waals surface area contributed by atoms with Crippen LogP contribution in [0.3, 0.4) is 0 Å². The molecule has 0 heterocycles. The zero-order valence-corrected chi connectivity index (χ0v) is 10.1. The van der Waals surface area contributed by atoms with Crippen molar-refractivity contribution in [2.75, 3.05) is 6.61 Å². The van der Waals surface area contributed by atoms with Crippen LogP contribution in [-0.2, 0) is 0 Å². The van der Waals surface area contributed by atoms with Crippen molar-refractivity contribution in [1.29, 1.82) is 0 Å². The molecule has 0 aromatic carbocycles. The Kier molecular flexibility index (Phi) is 12.9. The summed E-state index contributed by atoms with van der Waals surface area (Å²) in [5.74, 6) is 0. The van der Waals surface area contributed by atoms with Crippen LogP contribution in [-0.4, -0.2) is 11.7 Å². The maximum Gasteiger partial charge on any atom is 0.0431 e. The number of allylic oxidation sites excluding steroid dienone is 4. The molecule has 1 N–H and O–H groups in total. The van der Waals surface area contributed by atoms with Crippen LogP contribution in [0, 0.1) is 0 Å². The highest BCUT2D eigenvalue weighted by atomic mass is 16.2. The van der Waals surface area contributed by atoms with Crippen LogP contribution in [0.1, 0.15) is 58.3 Å². The van der Waals surface area contributed by atoms with Crippen LogP contribution in [0.4, 0.5) is 0 Å². The van der Waals surface area contributed by atoms with Crippen molar-refractivity contribution in [3.63, 3.8) is 0 Å². The Morgan fingerprint density at radius 3 is 2.13 bits per heavy atom. The Balaban J connectivity index is 3.01. The molecule has 88 valence electrons. The van der Waals surface area contributed by atoms with Crippen molar-refractivity contribution in [1.82, 2.24) is 0 Å². The van der Waals surface area contributed by atoms with E-state index in [1.54, 1.807) is 0 Å². The van der Waals surface area contributed by atoms with E-state index in [0.29, 0.717) is 6.61 Å². The van der Waals surface area contributed by atoms with E-state index in [-0.39, 0.29) is 0 Å². The van der Waals surface area contributed by atoms with Gasteiger partial charge in [0.1, 0.15) is 0 Å². The van der Waals surface area contributed by atoms with Crippen molar-refractivity contribution in [3.8, 4) is 0 Å². The van der Waals surface area contributed by atoms with Crippen molar-refractivity contribution in [3.05, 3.63) is 24.3 Å². The average Bonchev–Trinajstić information content (AvgIpc) is 2.26. The number of hydrogen-bond donors (Lipinski definition) is 1. The van der Waals surface area contributed by atoms with Gasteiger partial charge in [-0.2, -0.15) is 0 Å². The molecule has 15 heavy (non-hydrogen) atoms. The molecule has 0 aliphatic rings. The summed E-state index contributed by atoms with van der Waals surface area (Å²) in [6.45, 7) is 2.41. The lowest BCUT2D eigenvalue weighted by molar-refractivity contribution is 0.282. The fourth-order valence-corrected chi connectivity index (χ4v) is 1.51. The molecule has 1 nitrogen and oxygen atoms in total. The van der Waals surface area contributed by atoms with Crippen molar-refractivity contribution in [2.24, 2.45) is 0 Å². The van der Waals surface area contributed by atoms with Crippen LogP contribution in [0.25, 0.3) is 0 Å². The molecule has 0 aliphatic carbocycles. The van der Waals surface area contributed by atoms with E-state index in [1.165, 1.54) is 38.5 Å². The predicted octanol–water partition coefficient (Wildman–Crippen LogP) is 4.23. The first kappa shape index (κ1) is 14.4. The summed E-state index contributed by atoms with van der Waals surface area (Å²) in [4.78, 5) is 0. The third-order valence-electron chi connectivity index (χ3n) is 2.45. The average molecular weight is 210 g/mol. The second kappa shape index (κ2) is 13.4. The number of aliphatic hydroxyl groups excluding tert-OH is 1. The van der Waals surface area contributed by atoms with E-state index >= 15 is 0 Å². The first-order chi connectivity index (χ1) is 7.41. The Hall–Kier alpha value is -0.560. The van der Waals surface area contributed by atoms with E-state index < -0.39 is 0 Å². The van der Waals surface area contributed by atoms with Crippen molar-refractivity contribution in [2.45, 2.75) is 58.3 Å². The Morgan fingerprint density at radius 1 is 0.800 bits per heavy atom. The molecule has 0 aromatic heterocycles. The van der Waals surface area contributed by atoms with Gasteiger partial charge in [-0.3, -0.25) is 0 Å². The minimum Gasteiger partial charge on any atom is -0.396 e. The monoisotopic (exact) mass is 210 g/mol. The lowest BCUT2D eigenvalue weighted by Crippen LogP contribution is -1.83. The maximum absolute atomic E-state index is 8.60. The quantitative estimate of drug-likeness (QED) is 0.422. The van der Waals surface area contributed by atoms with Gasteiger partial charge in [-0.05, 0) is 32.6 Å². The summed E-state index contributed by atoms with van der Waals surface area (Å²) in [5, 5.41) is 8.60. The van der Waals surface area contributed by atoms with E-state index in [1.807, 2.05) is 0 Å². The van der Waals surface area contributed by atoms with Gasteiger partial charge in [-0.15, -0.1) is 0 Å². The summed E-state index contributed by atoms with van der Waals surface area (Å²) in [5.41, 5.74) is 0. The maximum atomic E-state index is 8.60. The molecule has 0 saturated heterocycles. The number of unbranched alkanes of at least 4 members (excludes halogenated alkanes) is 6. The van der Waals surface area contributed by atoms with Gasteiger partial charge in [0.05, 0.1) is 0 Å². The molecule has 0 fully saturated rings. The lowest BCUT2D eigenvalue weighted by atomic mass is 10.1. The molecule has 0 aliphatic heterocycles. The highest BCUT2D eigenvalue weighted by Crippen LogP contribution is 2.07. The van der Waals surface area contributed by atoms with Gasteiger partial charge < -0.3 is 5.11 Å². The molecule has 0 unspecified atom stereocenters. The van der Waals surface area contributed by atoms with E-state index in [0.717, 1.165) is 12.8 Å². The van der Waals surface area contributed by atoms with Gasteiger partial charge in [0.2, 0.25) is 0 Å². The van der Waals surface area contributed by atoms with Crippen LogP contribution >= 0.6 is 0 Å². The Labute approximate surface area is 94.9 Å². The molecule has 0 atom stereocenters. The highest BCUT2D eigenvalue weighted by molar-refractivity contribution is 4.91. The zero-order valence-electron chi connectivity index (χ0n) is 10.1. The molecule has 0 spiro atoms. The largest absolute Gasteiger partial charge is 0.396 e. The van der Waals surface area contributed by atoms with Crippen LogP contribution in [0.15, 0.2) is 24.3 Å². The van der Waals surface area contributed by atoms with Gasteiger partial charge in [0.25, 0.3) is 0 Å². The summed E-state index contributed by atoms with van der Waals surface area (Å²) >= 11 is 0. The van der Waals surface area contributed by atoms with Gasteiger partial charge >= 0.3 is 0 Å². The number of hydrogen-bond acceptors (Lipinski definition) is 1. The standard InChI is InChI=1S/C14H26O/c1-2-3-4-5-6-7-8-9-10-11-12-13-14-15/h2-3,5-6,15H,4,7-14H2,1H3/b3-2-,6-5+. The second-order valence-electron chi connectivity index (χ2n) is 3.91. The fourth-order valence-electron chi connectivity index (χ4n) is 1.51. The molecular formula is C14H26O. The molecule has 0 amide bonds.